The molecule has 0 amide bonds. The maximum Gasteiger partial charge on any atom is 0.335 e. The first-order chi connectivity index (χ1) is 9.92. The van der Waals surface area contributed by atoms with E-state index in [1.165, 1.54) is 13.2 Å². The van der Waals surface area contributed by atoms with Gasteiger partial charge in [-0.2, -0.15) is 0 Å². The van der Waals surface area contributed by atoms with E-state index in [1.54, 1.807) is 0 Å². The Bertz CT molecular complexity index is 681. The normalized spacial score (nSPS) is 10.3. The fourth-order valence-corrected chi connectivity index (χ4v) is 1.72. The molecule has 7 heteroatoms. The summed E-state index contributed by atoms with van der Waals surface area (Å²) in [6, 6.07) is 4.75. The molecule has 0 bridgehead atoms. The smallest absolute Gasteiger partial charge is 0.335 e. The summed E-state index contributed by atoms with van der Waals surface area (Å²) >= 11 is 0. The van der Waals surface area contributed by atoms with Gasteiger partial charge in [0.25, 0.3) is 0 Å². The molecular weight excluding hydrogens is 287 g/mol. The molecule has 4 nitrogen and oxygen atoms in total. The maximum absolute atomic E-state index is 13.8. The lowest BCUT2D eigenvalue weighted by Crippen LogP contribution is -2.04. The predicted molar refractivity (Wildman–Crippen MR) is 69.6 cm³/mol. The quantitative estimate of drug-likeness (QED) is 0.906. The van der Waals surface area contributed by atoms with E-state index >= 15 is 0 Å². The van der Waals surface area contributed by atoms with Gasteiger partial charge in [-0.25, -0.2) is 18.0 Å². The molecule has 0 atom stereocenters. The lowest BCUT2D eigenvalue weighted by atomic mass is 10.1. The number of nitrogens with one attached hydrogen (secondary N) is 1. The van der Waals surface area contributed by atoms with Crippen molar-refractivity contribution in [3.8, 4) is 5.75 Å². The third-order valence-corrected chi connectivity index (χ3v) is 2.71. The highest BCUT2D eigenvalue weighted by Gasteiger charge is 2.16. The van der Waals surface area contributed by atoms with Gasteiger partial charge in [-0.15, -0.1) is 0 Å². The number of carboxylic acid groups (broad SMARTS) is 1. The summed E-state index contributed by atoms with van der Waals surface area (Å²) in [6.45, 7) is 0. The summed E-state index contributed by atoms with van der Waals surface area (Å²) in [7, 11) is 1.28. The topological polar surface area (TPSA) is 58.6 Å². The molecule has 0 fully saturated rings. The number of rotatable bonds is 4. The number of carbonyl (C=O) groups is 1. The Morgan fingerprint density at radius 3 is 2.29 bits per heavy atom. The molecule has 2 rings (SSSR count). The van der Waals surface area contributed by atoms with E-state index in [-0.39, 0.29) is 11.4 Å². The van der Waals surface area contributed by atoms with Gasteiger partial charge in [0, 0.05) is 6.07 Å². The lowest BCUT2D eigenvalue weighted by Gasteiger charge is -2.13. The zero-order valence-electron chi connectivity index (χ0n) is 10.8. The van der Waals surface area contributed by atoms with Crippen LogP contribution in [0.5, 0.6) is 5.75 Å². The predicted octanol–water partition coefficient (Wildman–Crippen LogP) is 3.55. The first-order valence-corrected chi connectivity index (χ1v) is 5.75. The largest absolute Gasteiger partial charge is 0.494 e. The van der Waals surface area contributed by atoms with E-state index in [1.807, 2.05) is 0 Å². The number of hydrogen-bond donors (Lipinski definition) is 2. The van der Waals surface area contributed by atoms with Gasteiger partial charge in [-0.1, -0.05) is 0 Å². The summed E-state index contributed by atoms with van der Waals surface area (Å²) in [5, 5.41) is 11.1. The Labute approximate surface area is 117 Å². The third kappa shape index (κ3) is 3.07. The molecule has 0 aromatic heterocycles. The summed E-state index contributed by atoms with van der Waals surface area (Å²) in [5.41, 5.74) is -0.925. The van der Waals surface area contributed by atoms with Crippen molar-refractivity contribution >= 4 is 17.3 Å². The molecular formula is C14H10F3NO3. The molecule has 2 aromatic carbocycles. The van der Waals surface area contributed by atoms with Crippen molar-refractivity contribution in [2.75, 3.05) is 12.4 Å². The van der Waals surface area contributed by atoms with Crippen LogP contribution in [0.3, 0.4) is 0 Å². The zero-order valence-corrected chi connectivity index (χ0v) is 10.8. The number of halogens is 3. The van der Waals surface area contributed by atoms with Crippen molar-refractivity contribution < 1.29 is 27.8 Å². The molecule has 0 saturated carbocycles. The van der Waals surface area contributed by atoms with Crippen LogP contribution in [-0.2, 0) is 0 Å². The van der Waals surface area contributed by atoms with Crippen LogP contribution in [0.1, 0.15) is 10.4 Å². The monoisotopic (exact) mass is 297 g/mol. The number of hydrogen-bond acceptors (Lipinski definition) is 3. The van der Waals surface area contributed by atoms with Crippen molar-refractivity contribution in [1.29, 1.82) is 0 Å². The molecule has 21 heavy (non-hydrogen) atoms. The number of ether oxygens (including phenoxy) is 1. The minimum Gasteiger partial charge on any atom is -0.494 e. The van der Waals surface area contributed by atoms with Gasteiger partial charge < -0.3 is 15.2 Å². The van der Waals surface area contributed by atoms with Crippen LogP contribution in [0.2, 0.25) is 0 Å². The first-order valence-electron chi connectivity index (χ1n) is 5.75. The van der Waals surface area contributed by atoms with Crippen LogP contribution in [0.15, 0.2) is 30.3 Å². The Hall–Kier alpha value is -2.70. The molecule has 0 aliphatic rings. The molecule has 2 aromatic rings. The van der Waals surface area contributed by atoms with Crippen LogP contribution < -0.4 is 10.1 Å². The first kappa shape index (κ1) is 14.7. The molecule has 0 unspecified atom stereocenters. The van der Waals surface area contributed by atoms with E-state index in [4.69, 9.17) is 9.84 Å². The van der Waals surface area contributed by atoms with Crippen molar-refractivity contribution in [3.63, 3.8) is 0 Å². The average Bonchev–Trinajstić information content (AvgIpc) is 2.43. The lowest BCUT2D eigenvalue weighted by molar-refractivity contribution is 0.0696. The molecule has 0 aliphatic carbocycles. The second kappa shape index (κ2) is 5.74. The van der Waals surface area contributed by atoms with Crippen molar-refractivity contribution in [3.05, 3.63) is 53.3 Å². The van der Waals surface area contributed by atoms with Crippen LogP contribution >= 0.6 is 0 Å². The third-order valence-electron chi connectivity index (χ3n) is 2.71. The molecule has 2 N–H and O–H groups in total. The minimum atomic E-state index is -1.45. The van der Waals surface area contributed by atoms with Crippen molar-refractivity contribution in [1.82, 2.24) is 0 Å². The van der Waals surface area contributed by atoms with Crippen molar-refractivity contribution in [2.24, 2.45) is 0 Å². The zero-order chi connectivity index (χ0) is 15.6. The Balaban J connectivity index is 2.43. The highest BCUT2D eigenvalue weighted by atomic mass is 19.1. The average molecular weight is 297 g/mol. The Morgan fingerprint density at radius 2 is 1.76 bits per heavy atom. The SMILES string of the molecule is COc1cc(F)ccc1Nc1c(F)cc(C(=O)O)cc1F. The summed E-state index contributed by atoms with van der Waals surface area (Å²) in [6.07, 6.45) is 0. The Morgan fingerprint density at radius 1 is 1.14 bits per heavy atom. The van der Waals surface area contributed by atoms with E-state index in [0.29, 0.717) is 12.1 Å². The van der Waals surface area contributed by atoms with Gasteiger partial charge >= 0.3 is 5.97 Å². The number of methoxy groups -OCH3 is 1. The van der Waals surface area contributed by atoms with Crippen LogP contribution in [0, 0.1) is 17.5 Å². The summed E-state index contributed by atoms with van der Waals surface area (Å²) in [5.74, 6) is -4.13. The van der Waals surface area contributed by atoms with Crippen LogP contribution in [0.25, 0.3) is 0 Å². The number of anilines is 2. The number of carboxylic acids is 1. The minimum absolute atomic E-state index is 0.0520. The van der Waals surface area contributed by atoms with E-state index < -0.39 is 34.7 Å². The van der Waals surface area contributed by atoms with E-state index in [9.17, 15) is 18.0 Å². The van der Waals surface area contributed by atoms with Crippen molar-refractivity contribution in [2.45, 2.75) is 0 Å². The van der Waals surface area contributed by atoms with Crippen LogP contribution in [0.4, 0.5) is 24.5 Å². The summed E-state index contributed by atoms with van der Waals surface area (Å²) < 4.78 is 45.5. The Kier molecular flexibility index (Phi) is 4.02. The molecule has 110 valence electrons. The molecule has 0 heterocycles. The highest BCUT2D eigenvalue weighted by molar-refractivity contribution is 5.88. The molecule has 0 saturated heterocycles. The second-order valence-corrected chi connectivity index (χ2v) is 4.09. The fraction of sp³-hybridized carbons (Fsp3) is 0.0714. The van der Waals surface area contributed by atoms with Gasteiger partial charge in [0.05, 0.1) is 18.4 Å². The van der Waals surface area contributed by atoms with Gasteiger partial charge in [0.15, 0.2) is 11.6 Å². The second-order valence-electron chi connectivity index (χ2n) is 4.09. The van der Waals surface area contributed by atoms with Gasteiger partial charge in [-0.3, -0.25) is 0 Å². The molecule has 0 aliphatic heterocycles. The van der Waals surface area contributed by atoms with E-state index in [0.717, 1.165) is 12.1 Å². The van der Waals surface area contributed by atoms with Gasteiger partial charge in [0.1, 0.15) is 17.3 Å². The standard InChI is InChI=1S/C14H10F3NO3/c1-21-12-6-8(15)2-3-11(12)18-13-9(16)4-7(14(19)20)5-10(13)17/h2-6,18H,1H3,(H,19,20). The number of benzene rings is 2. The van der Waals surface area contributed by atoms with Gasteiger partial charge in [-0.05, 0) is 24.3 Å². The fourth-order valence-electron chi connectivity index (χ4n) is 1.72. The van der Waals surface area contributed by atoms with E-state index in [2.05, 4.69) is 5.32 Å². The van der Waals surface area contributed by atoms with Crippen LogP contribution in [-0.4, -0.2) is 18.2 Å². The van der Waals surface area contributed by atoms with Gasteiger partial charge in [0.2, 0.25) is 0 Å². The maximum atomic E-state index is 13.8. The highest BCUT2D eigenvalue weighted by Crippen LogP contribution is 2.31. The summed E-state index contributed by atoms with van der Waals surface area (Å²) in [4.78, 5) is 10.7. The molecule has 0 radical (unpaired) electrons. The molecule has 0 spiro atoms. The number of aromatic carboxylic acids is 1.